The molecule has 0 aliphatic carbocycles. The molecule has 0 unspecified atom stereocenters. The minimum atomic E-state index is -0.420. The van der Waals surface area contributed by atoms with Gasteiger partial charge in [0.15, 0.2) is 0 Å². The van der Waals surface area contributed by atoms with Crippen molar-refractivity contribution in [2.45, 2.75) is 6.92 Å². The van der Waals surface area contributed by atoms with Gasteiger partial charge in [-0.05, 0) is 43.3 Å². The molecule has 6 heteroatoms. The van der Waals surface area contributed by atoms with E-state index in [1.54, 1.807) is 48.8 Å². The van der Waals surface area contributed by atoms with Crippen molar-refractivity contribution in [3.8, 4) is 0 Å². The number of amides is 1. The van der Waals surface area contributed by atoms with Gasteiger partial charge >= 0.3 is 5.97 Å². The quantitative estimate of drug-likeness (QED) is 0.627. The van der Waals surface area contributed by atoms with Crippen molar-refractivity contribution in [1.29, 1.82) is 0 Å². The monoisotopic (exact) mass is 314 g/mol. The van der Waals surface area contributed by atoms with Crippen molar-refractivity contribution in [3.05, 3.63) is 59.9 Å². The summed E-state index contributed by atoms with van der Waals surface area (Å²) in [7, 11) is 0. The van der Waals surface area contributed by atoms with Gasteiger partial charge in [-0.25, -0.2) is 4.79 Å². The molecular weight excluding hydrogens is 296 g/mol. The van der Waals surface area contributed by atoms with Crippen molar-refractivity contribution in [1.82, 2.24) is 4.98 Å². The Morgan fingerprint density at radius 3 is 2.35 bits per heavy atom. The fraction of sp³-hybridized carbons (Fsp3) is 0.235. The van der Waals surface area contributed by atoms with Crippen LogP contribution >= 0.6 is 0 Å². The van der Waals surface area contributed by atoms with E-state index in [4.69, 9.17) is 9.47 Å². The van der Waals surface area contributed by atoms with E-state index < -0.39 is 5.97 Å². The van der Waals surface area contributed by atoms with Gasteiger partial charge in [0, 0.05) is 30.3 Å². The summed E-state index contributed by atoms with van der Waals surface area (Å²) in [5, 5.41) is 2.75. The van der Waals surface area contributed by atoms with E-state index >= 15 is 0 Å². The van der Waals surface area contributed by atoms with Gasteiger partial charge in [-0.3, -0.25) is 9.78 Å². The van der Waals surface area contributed by atoms with Crippen LogP contribution < -0.4 is 5.32 Å². The van der Waals surface area contributed by atoms with Crippen LogP contribution in [0.3, 0.4) is 0 Å². The molecule has 1 N–H and O–H groups in total. The smallest absolute Gasteiger partial charge is 0.338 e. The first-order valence-electron chi connectivity index (χ1n) is 7.27. The second-order valence-corrected chi connectivity index (χ2v) is 4.60. The van der Waals surface area contributed by atoms with Gasteiger partial charge in [0.2, 0.25) is 0 Å². The number of hydrogen-bond donors (Lipinski definition) is 1. The van der Waals surface area contributed by atoms with Crippen molar-refractivity contribution in [3.63, 3.8) is 0 Å². The van der Waals surface area contributed by atoms with Gasteiger partial charge in [0.1, 0.15) is 6.61 Å². The molecule has 0 aliphatic rings. The molecule has 120 valence electrons. The summed E-state index contributed by atoms with van der Waals surface area (Å²) in [6.07, 6.45) is 3.10. The molecule has 0 aliphatic heterocycles. The topological polar surface area (TPSA) is 77.5 Å². The zero-order chi connectivity index (χ0) is 16.5. The first kappa shape index (κ1) is 16.6. The van der Waals surface area contributed by atoms with Crippen molar-refractivity contribution in [2.24, 2.45) is 0 Å². The third kappa shape index (κ3) is 5.19. The molecule has 0 spiro atoms. The molecule has 0 fully saturated rings. The molecule has 0 saturated carbocycles. The summed E-state index contributed by atoms with van der Waals surface area (Å²) in [6, 6.07) is 9.76. The lowest BCUT2D eigenvalue weighted by Crippen LogP contribution is -2.13. The highest BCUT2D eigenvalue weighted by atomic mass is 16.6. The molecule has 6 nitrogen and oxygen atoms in total. The number of carbonyl (C=O) groups is 2. The second-order valence-electron chi connectivity index (χ2n) is 4.60. The molecule has 0 saturated heterocycles. The molecule has 1 aromatic carbocycles. The van der Waals surface area contributed by atoms with Crippen LogP contribution in [-0.2, 0) is 9.47 Å². The van der Waals surface area contributed by atoms with Gasteiger partial charge in [0.05, 0.1) is 12.2 Å². The molecule has 0 atom stereocenters. The summed E-state index contributed by atoms with van der Waals surface area (Å²) in [5.74, 6) is -0.656. The first-order chi connectivity index (χ1) is 11.2. The molecular formula is C17H18N2O4. The number of hydrogen-bond acceptors (Lipinski definition) is 5. The fourth-order valence-corrected chi connectivity index (χ4v) is 1.82. The van der Waals surface area contributed by atoms with Crippen LogP contribution in [0.1, 0.15) is 27.6 Å². The number of rotatable bonds is 7. The van der Waals surface area contributed by atoms with Crippen LogP contribution in [0, 0.1) is 0 Å². The lowest BCUT2D eigenvalue weighted by molar-refractivity contribution is 0.0335. The number of carbonyl (C=O) groups excluding carboxylic acids is 2. The number of aromatic nitrogens is 1. The standard InChI is InChI=1S/C17H18N2O4/c1-2-22-11-12-23-17(21)14-3-5-15(6-4-14)19-16(20)13-7-9-18-10-8-13/h3-10H,2,11-12H2,1H3,(H,19,20). The Labute approximate surface area is 134 Å². The molecule has 2 aromatic rings. The molecule has 23 heavy (non-hydrogen) atoms. The normalized spacial score (nSPS) is 10.1. The van der Waals surface area contributed by atoms with E-state index in [0.717, 1.165) is 0 Å². The number of benzene rings is 1. The first-order valence-corrected chi connectivity index (χ1v) is 7.27. The zero-order valence-electron chi connectivity index (χ0n) is 12.8. The molecule has 1 aromatic heterocycles. The largest absolute Gasteiger partial charge is 0.460 e. The highest BCUT2D eigenvalue weighted by Gasteiger charge is 2.09. The highest BCUT2D eigenvalue weighted by molar-refractivity contribution is 6.04. The lowest BCUT2D eigenvalue weighted by Gasteiger charge is -2.07. The minimum Gasteiger partial charge on any atom is -0.460 e. The van der Waals surface area contributed by atoms with Crippen molar-refractivity contribution in [2.75, 3.05) is 25.1 Å². The fourth-order valence-electron chi connectivity index (χ4n) is 1.82. The Hall–Kier alpha value is -2.73. The van der Waals surface area contributed by atoms with Crippen molar-refractivity contribution >= 4 is 17.6 Å². The maximum atomic E-state index is 12.0. The predicted molar refractivity (Wildman–Crippen MR) is 85.4 cm³/mol. The van der Waals surface area contributed by atoms with Gasteiger partial charge in [0.25, 0.3) is 5.91 Å². The van der Waals surface area contributed by atoms with Gasteiger partial charge in [-0.15, -0.1) is 0 Å². The van der Waals surface area contributed by atoms with E-state index in [-0.39, 0.29) is 12.5 Å². The maximum Gasteiger partial charge on any atom is 0.338 e. The number of nitrogens with one attached hydrogen (secondary N) is 1. The van der Waals surface area contributed by atoms with Crippen LogP contribution in [0.5, 0.6) is 0 Å². The Bertz CT molecular complexity index is 641. The van der Waals surface area contributed by atoms with E-state index in [1.165, 1.54) is 0 Å². The SMILES string of the molecule is CCOCCOC(=O)c1ccc(NC(=O)c2ccncc2)cc1. The third-order valence-electron chi connectivity index (χ3n) is 2.99. The van der Waals surface area contributed by atoms with Gasteiger partial charge in [-0.2, -0.15) is 0 Å². The average molecular weight is 314 g/mol. The Morgan fingerprint density at radius 2 is 1.70 bits per heavy atom. The number of anilines is 1. The lowest BCUT2D eigenvalue weighted by atomic mass is 10.2. The molecule has 1 heterocycles. The third-order valence-corrected chi connectivity index (χ3v) is 2.99. The molecule has 2 rings (SSSR count). The molecule has 0 radical (unpaired) electrons. The van der Waals surface area contributed by atoms with E-state index in [2.05, 4.69) is 10.3 Å². The maximum absolute atomic E-state index is 12.0. The predicted octanol–water partition coefficient (Wildman–Crippen LogP) is 2.53. The van der Waals surface area contributed by atoms with Crippen LogP contribution in [0.15, 0.2) is 48.8 Å². The van der Waals surface area contributed by atoms with Gasteiger partial charge < -0.3 is 14.8 Å². The summed E-state index contributed by atoms with van der Waals surface area (Å²) in [6.45, 7) is 3.06. The minimum absolute atomic E-state index is 0.215. The summed E-state index contributed by atoms with van der Waals surface area (Å²) in [5.41, 5.74) is 1.53. The number of ether oxygens (including phenoxy) is 2. The van der Waals surface area contributed by atoms with E-state index in [9.17, 15) is 9.59 Å². The van der Waals surface area contributed by atoms with E-state index in [0.29, 0.717) is 30.0 Å². The number of pyridine rings is 1. The summed E-state index contributed by atoms with van der Waals surface area (Å²) >= 11 is 0. The molecule has 0 bridgehead atoms. The molecule has 1 amide bonds. The Balaban J connectivity index is 1.89. The highest BCUT2D eigenvalue weighted by Crippen LogP contribution is 2.12. The zero-order valence-corrected chi connectivity index (χ0v) is 12.8. The van der Waals surface area contributed by atoms with Crippen LogP contribution in [0.4, 0.5) is 5.69 Å². The summed E-state index contributed by atoms with van der Waals surface area (Å²) in [4.78, 5) is 27.6. The van der Waals surface area contributed by atoms with Crippen LogP contribution in [-0.4, -0.2) is 36.7 Å². The number of nitrogens with zero attached hydrogens (tertiary/aromatic N) is 1. The van der Waals surface area contributed by atoms with Crippen LogP contribution in [0.2, 0.25) is 0 Å². The van der Waals surface area contributed by atoms with Gasteiger partial charge in [-0.1, -0.05) is 0 Å². The second kappa shape index (κ2) is 8.65. The number of esters is 1. The Morgan fingerprint density at radius 1 is 1.00 bits per heavy atom. The van der Waals surface area contributed by atoms with E-state index in [1.807, 2.05) is 6.92 Å². The average Bonchev–Trinajstić information content (AvgIpc) is 2.60. The summed E-state index contributed by atoms with van der Waals surface area (Å²) < 4.78 is 10.2. The Kier molecular flexibility index (Phi) is 6.26. The van der Waals surface area contributed by atoms with Crippen LogP contribution in [0.25, 0.3) is 0 Å². The van der Waals surface area contributed by atoms with Crippen molar-refractivity contribution < 1.29 is 19.1 Å².